The van der Waals surface area contributed by atoms with Gasteiger partial charge in [-0.1, -0.05) is 237 Å². The van der Waals surface area contributed by atoms with Crippen molar-refractivity contribution < 1.29 is 0 Å². The lowest BCUT2D eigenvalue weighted by Crippen LogP contribution is -2.74. The Balaban J connectivity index is 1.18. The minimum atomic E-state index is -2.70. The topological polar surface area (TPSA) is 12.0 Å². The maximum absolute atomic E-state index is 3.92. The van der Waals surface area contributed by atoms with Crippen LogP contribution in [0.5, 0.6) is 0 Å². The van der Waals surface area contributed by atoms with Crippen molar-refractivity contribution in [1.82, 2.24) is 0 Å². The highest BCUT2D eigenvalue weighted by atomic mass is 28.3. The maximum Gasteiger partial charge on any atom is 0.179 e. The molecule has 3 heteroatoms. The second kappa shape index (κ2) is 16.1. The van der Waals surface area contributed by atoms with E-state index in [0.717, 1.165) is 11.4 Å². The molecule has 9 aromatic carbocycles. The normalized spacial score (nSPS) is 11.5. The number of para-hydroxylation sites is 1. The van der Waals surface area contributed by atoms with Gasteiger partial charge in [-0.25, -0.2) is 0 Å². The van der Waals surface area contributed by atoms with Gasteiger partial charge in [-0.2, -0.15) is 0 Å². The number of anilines is 2. The summed E-state index contributed by atoms with van der Waals surface area (Å²) in [6.45, 7) is 0. The molecule has 57 heavy (non-hydrogen) atoms. The van der Waals surface area contributed by atoms with Gasteiger partial charge in [0.05, 0.1) is 0 Å². The molecule has 0 radical (unpaired) electrons. The van der Waals surface area contributed by atoms with E-state index in [0.29, 0.717) is 0 Å². The summed E-state index contributed by atoms with van der Waals surface area (Å²) in [5.41, 5.74) is 4.49. The zero-order valence-electron chi connectivity index (χ0n) is 31.7. The Morgan fingerprint density at radius 2 is 0.561 bits per heavy atom. The van der Waals surface area contributed by atoms with Gasteiger partial charge in [-0.3, -0.25) is 0 Å². The molecule has 0 amide bonds. The van der Waals surface area contributed by atoms with Crippen LogP contribution >= 0.6 is 0 Å². The van der Waals surface area contributed by atoms with Crippen LogP contribution < -0.4 is 46.8 Å². The minimum absolute atomic E-state index is 1.07. The summed E-state index contributed by atoms with van der Waals surface area (Å²) in [6.07, 6.45) is 0. The average molecular weight is 762 g/mol. The monoisotopic (exact) mass is 761 g/mol. The molecule has 0 atom stereocenters. The predicted molar refractivity (Wildman–Crippen MR) is 249 cm³/mol. The number of nitrogens with one attached hydrogen (secondary N) is 1. The first-order chi connectivity index (χ1) is 28.3. The van der Waals surface area contributed by atoms with Gasteiger partial charge < -0.3 is 5.32 Å². The van der Waals surface area contributed by atoms with Crippen LogP contribution in [0.25, 0.3) is 11.1 Å². The highest BCUT2D eigenvalue weighted by molar-refractivity contribution is 7.20. The number of hydrogen-bond acceptors (Lipinski definition) is 1. The van der Waals surface area contributed by atoms with E-state index >= 15 is 0 Å². The molecule has 272 valence electrons. The van der Waals surface area contributed by atoms with Crippen LogP contribution in [0, 0.1) is 0 Å². The summed E-state index contributed by atoms with van der Waals surface area (Å²) >= 11 is 0. The minimum Gasteiger partial charge on any atom is -0.355 e. The third-order valence-corrected chi connectivity index (χ3v) is 20.9. The van der Waals surface area contributed by atoms with E-state index in [1.807, 2.05) is 0 Å². The Bertz CT molecular complexity index is 2490. The first-order valence-electron chi connectivity index (χ1n) is 19.7. The lowest BCUT2D eigenvalue weighted by atomic mass is 10.0. The molecule has 9 aromatic rings. The lowest BCUT2D eigenvalue weighted by Gasteiger charge is -2.35. The fraction of sp³-hybridized carbons (Fsp3) is 0. The van der Waals surface area contributed by atoms with Gasteiger partial charge in [-0.05, 0) is 65.3 Å². The van der Waals surface area contributed by atoms with Crippen LogP contribution in [0.3, 0.4) is 0 Å². The van der Waals surface area contributed by atoms with Crippen molar-refractivity contribution in [3.8, 4) is 11.1 Å². The molecule has 0 bridgehead atoms. The lowest BCUT2D eigenvalue weighted by molar-refractivity contribution is 1.54. The molecule has 1 N–H and O–H groups in total. The predicted octanol–water partition coefficient (Wildman–Crippen LogP) is 7.85. The van der Waals surface area contributed by atoms with Crippen molar-refractivity contribution in [2.24, 2.45) is 0 Å². The van der Waals surface area contributed by atoms with E-state index < -0.39 is 16.1 Å². The molecule has 0 spiro atoms. The van der Waals surface area contributed by atoms with Gasteiger partial charge in [0, 0.05) is 16.9 Å². The van der Waals surface area contributed by atoms with E-state index in [-0.39, 0.29) is 0 Å². The van der Waals surface area contributed by atoms with E-state index in [1.165, 1.54) is 52.6 Å². The summed E-state index contributed by atoms with van der Waals surface area (Å²) in [5.74, 6) is 0. The number of benzene rings is 9. The first-order valence-corrected chi connectivity index (χ1v) is 23.7. The standard InChI is InChI=1S/C54H43NSi2/c1-7-25-45(26-8-1)56(46-27-9-2-10-28-46,47-29-11-3-12-30-47)51-37-21-23-43(41-51)53-39-19-20-40-54(53)55-44-24-22-38-52(42-44)57(48-31-13-4-14-32-48,49-33-15-5-16-34-49)50-35-17-6-18-36-50/h1-42,55H. The fourth-order valence-electron chi connectivity index (χ4n) is 8.88. The van der Waals surface area contributed by atoms with E-state index in [4.69, 9.17) is 0 Å². The van der Waals surface area contributed by atoms with Gasteiger partial charge in [0.15, 0.2) is 16.1 Å². The molecule has 0 aliphatic carbocycles. The molecule has 0 heterocycles. The Morgan fingerprint density at radius 1 is 0.246 bits per heavy atom. The van der Waals surface area contributed by atoms with Crippen molar-refractivity contribution in [2.75, 3.05) is 5.32 Å². The van der Waals surface area contributed by atoms with Crippen molar-refractivity contribution in [2.45, 2.75) is 0 Å². The molecule has 9 rings (SSSR count). The van der Waals surface area contributed by atoms with Crippen LogP contribution in [-0.4, -0.2) is 16.1 Å². The molecular formula is C54H43NSi2. The van der Waals surface area contributed by atoms with Crippen LogP contribution in [0.15, 0.2) is 255 Å². The van der Waals surface area contributed by atoms with Crippen LogP contribution in [0.4, 0.5) is 11.4 Å². The molecule has 0 aliphatic rings. The van der Waals surface area contributed by atoms with Gasteiger partial charge in [0.2, 0.25) is 0 Å². The second-order valence-corrected chi connectivity index (χ2v) is 22.1. The van der Waals surface area contributed by atoms with Crippen molar-refractivity contribution in [1.29, 1.82) is 0 Å². The third kappa shape index (κ3) is 6.67. The number of rotatable bonds is 11. The van der Waals surface area contributed by atoms with Crippen molar-refractivity contribution in [3.63, 3.8) is 0 Å². The Kier molecular flexibility index (Phi) is 10.2. The highest BCUT2D eigenvalue weighted by Gasteiger charge is 2.42. The Hall–Kier alpha value is -6.79. The molecule has 0 unspecified atom stereocenters. The zero-order chi connectivity index (χ0) is 38.3. The van der Waals surface area contributed by atoms with E-state index in [1.54, 1.807) is 0 Å². The zero-order valence-corrected chi connectivity index (χ0v) is 33.7. The van der Waals surface area contributed by atoms with E-state index in [2.05, 4.69) is 260 Å². The Labute approximate surface area is 338 Å². The van der Waals surface area contributed by atoms with Gasteiger partial charge in [0.1, 0.15) is 0 Å². The third-order valence-electron chi connectivity index (χ3n) is 11.3. The Morgan fingerprint density at radius 3 is 0.965 bits per heavy atom. The summed E-state index contributed by atoms with van der Waals surface area (Å²) < 4.78 is 0. The first kappa shape index (κ1) is 35.9. The van der Waals surface area contributed by atoms with E-state index in [9.17, 15) is 0 Å². The molecule has 0 fully saturated rings. The molecule has 0 saturated carbocycles. The number of hydrogen-bond donors (Lipinski definition) is 1. The van der Waals surface area contributed by atoms with Crippen LogP contribution in [0.2, 0.25) is 0 Å². The summed E-state index contributed by atoms with van der Waals surface area (Å²) in [7, 11) is -5.38. The van der Waals surface area contributed by atoms with Crippen molar-refractivity contribution in [3.05, 3.63) is 255 Å². The second-order valence-electron chi connectivity index (χ2n) is 14.5. The molecule has 0 aliphatic heterocycles. The molecular weight excluding hydrogens is 719 g/mol. The molecule has 0 saturated heterocycles. The van der Waals surface area contributed by atoms with Gasteiger partial charge in [0.25, 0.3) is 0 Å². The smallest absolute Gasteiger partial charge is 0.179 e. The largest absolute Gasteiger partial charge is 0.355 e. The van der Waals surface area contributed by atoms with Crippen LogP contribution in [-0.2, 0) is 0 Å². The van der Waals surface area contributed by atoms with Gasteiger partial charge in [-0.15, -0.1) is 0 Å². The molecule has 1 nitrogen and oxygen atoms in total. The summed E-state index contributed by atoms with van der Waals surface area (Å²) in [5, 5.41) is 14.8. The summed E-state index contributed by atoms with van der Waals surface area (Å²) in [6, 6.07) is 94.0. The maximum atomic E-state index is 3.92. The van der Waals surface area contributed by atoms with Crippen molar-refractivity contribution >= 4 is 69.0 Å². The quantitative estimate of drug-likeness (QED) is 0.105. The van der Waals surface area contributed by atoms with Gasteiger partial charge >= 0.3 is 0 Å². The van der Waals surface area contributed by atoms with Crippen LogP contribution in [0.1, 0.15) is 0 Å². The summed E-state index contributed by atoms with van der Waals surface area (Å²) in [4.78, 5) is 0. The SMILES string of the molecule is c1ccc([Si](c2ccccc2)(c2ccccc2)c2cccc(Nc3ccccc3-c3cccc([Si](c4ccccc4)(c4ccccc4)c4ccccc4)c3)c2)cc1. The fourth-order valence-corrected chi connectivity index (χ4v) is 18.5. The highest BCUT2D eigenvalue weighted by Crippen LogP contribution is 2.30. The molecule has 0 aromatic heterocycles. The average Bonchev–Trinajstić information content (AvgIpc) is 3.30.